The molecule has 3 N–H and O–H groups in total. The number of nitriles is 1. The van der Waals surface area contributed by atoms with Gasteiger partial charge in [0.25, 0.3) is 0 Å². The molecule has 0 radical (unpaired) electrons. The molecule has 6 nitrogen and oxygen atoms in total. The number of hydrogen-bond donors (Lipinski definition) is 2. The van der Waals surface area contributed by atoms with Gasteiger partial charge in [0.05, 0.1) is 11.9 Å². The van der Waals surface area contributed by atoms with Crippen LogP contribution in [0.3, 0.4) is 0 Å². The van der Waals surface area contributed by atoms with Gasteiger partial charge < -0.3 is 11.1 Å². The molecule has 0 aliphatic heterocycles. The maximum Gasteiger partial charge on any atom is 0.230 e. The molecule has 18 heavy (non-hydrogen) atoms. The first-order valence-corrected chi connectivity index (χ1v) is 6.50. The first kappa shape index (κ1) is 14.3. The van der Waals surface area contributed by atoms with Gasteiger partial charge in [0.15, 0.2) is 5.16 Å². The Hall–Kier alpha value is -1.81. The van der Waals surface area contributed by atoms with E-state index in [1.54, 1.807) is 0 Å². The van der Waals surface area contributed by atoms with E-state index >= 15 is 0 Å². The standard InChI is InChI=1S/C11H15N5OS/c1-3-7(2)15-9(17)6-18-11-14-5-8(4-12)10(13)16-11/h5,7H,3,6H2,1-2H3,(H,15,17)(H2,13,14,16). The summed E-state index contributed by atoms with van der Waals surface area (Å²) in [5, 5.41) is 11.9. The molecule has 1 rings (SSSR count). The third kappa shape index (κ3) is 4.22. The number of thioether (sulfide) groups is 1. The first-order chi connectivity index (χ1) is 8.56. The van der Waals surface area contributed by atoms with Crippen molar-refractivity contribution in [2.45, 2.75) is 31.5 Å². The van der Waals surface area contributed by atoms with Crippen LogP contribution in [0.5, 0.6) is 0 Å². The van der Waals surface area contributed by atoms with Crippen molar-refractivity contribution in [1.29, 1.82) is 5.26 Å². The molecule has 0 saturated carbocycles. The summed E-state index contributed by atoms with van der Waals surface area (Å²) in [6.07, 6.45) is 2.24. The monoisotopic (exact) mass is 265 g/mol. The topological polar surface area (TPSA) is 105 Å². The summed E-state index contributed by atoms with van der Waals surface area (Å²) in [5.41, 5.74) is 5.79. The molecule has 1 heterocycles. The van der Waals surface area contributed by atoms with Gasteiger partial charge in [-0.15, -0.1) is 0 Å². The zero-order valence-corrected chi connectivity index (χ0v) is 11.1. The Morgan fingerprint density at radius 3 is 3.00 bits per heavy atom. The van der Waals surface area contributed by atoms with Crippen molar-refractivity contribution >= 4 is 23.5 Å². The van der Waals surface area contributed by atoms with Gasteiger partial charge in [0.1, 0.15) is 17.5 Å². The van der Waals surface area contributed by atoms with Gasteiger partial charge >= 0.3 is 0 Å². The van der Waals surface area contributed by atoms with Crippen molar-refractivity contribution in [3.05, 3.63) is 11.8 Å². The van der Waals surface area contributed by atoms with E-state index in [4.69, 9.17) is 11.0 Å². The second-order valence-corrected chi connectivity index (χ2v) is 4.67. The number of aromatic nitrogens is 2. The SMILES string of the molecule is CCC(C)NC(=O)CSc1ncc(C#N)c(N)n1. The molecule has 7 heteroatoms. The fourth-order valence-electron chi connectivity index (χ4n) is 1.08. The largest absolute Gasteiger partial charge is 0.382 e. The van der Waals surface area contributed by atoms with Crippen LogP contribution < -0.4 is 11.1 Å². The molecule has 1 amide bonds. The molecule has 1 aromatic heterocycles. The van der Waals surface area contributed by atoms with Crippen LogP contribution in [-0.2, 0) is 4.79 Å². The van der Waals surface area contributed by atoms with Crippen molar-refractivity contribution < 1.29 is 4.79 Å². The molecule has 0 fully saturated rings. The van der Waals surface area contributed by atoms with E-state index in [2.05, 4.69) is 15.3 Å². The van der Waals surface area contributed by atoms with Gasteiger partial charge in [-0.25, -0.2) is 9.97 Å². The van der Waals surface area contributed by atoms with E-state index in [-0.39, 0.29) is 29.1 Å². The number of carbonyl (C=O) groups is 1. The van der Waals surface area contributed by atoms with Gasteiger partial charge in [0.2, 0.25) is 5.91 Å². The second-order valence-electron chi connectivity index (χ2n) is 3.73. The zero-order chi connectivity index (χ0) is 13.5. The summed E-state index contributed by atoms with van der Waals surface area (Å²) in [6.45, 7) is 3.95. The van der Waals surface area contributed by atoms with Crippen LogP contribution in [0.1, 0.15) is 25.8 Å². The lowest BCUT2D eigenvalue weighted by Crippen LogP contribution is -2.33. The Labute approximate surface area is 110 Å². The average molecular weight is 265 g/mol. The molecule has 0 aliphatic carbocycles. The van der Waals surface area contributed by atoms with E-state index < -0.39 is 0 Å². The van der Waals surface area contributed by atoms with Crippen LogP contribution in [-0.4, -0.2) is 27.7 Å². The average Bonchev–Trinajstić information content (AvgIpc) is 2.36. The van der Waals surface area contributed by atoms with E-state index in [0.717, 1.165) is 6.42 Å². The van der Waals surface area contributed by atoms with E-state index in [9.17, 15) is 4.79 Å². The number of nitrogens with zero attached hydrogens (tertiary/aromatic N) is 3. The minimum atomic E-state index is -0.0686. The molecule has 1 aromatic rings. The molecule has 0 aromatic carbocycles. The van der Waals surface area contributed by atoms with Crippen molar-refractivity contribution in [3.8, 4) is 6.07 Å². The highest BCUT2D eigenvalue weighted by Gasteiger charge is 2.09. The third-order valence-corrected chi connectivity index (χ3v) is 3.13. The smallest absolute Gasteiger partial charge is 0.230 e. The fourth-order valence-corrected chi connectivity index (χ4v) is 1.72. The van der Waals surface area contributed by atoms with Crippen LogP contribution in [0.25, 0.3) is 0 Å². The number of amides is 1. The Bertz CT molecular complexity index is 471. The summed E-state index contributed by atoms with van der Waals surface area (Å²) in [4.78, 5) is 19.4. The summed E-state index contributed by atoms with van der Waals surface area (Å²) in [6, 6.07) is 2.04. The molecule has 0 bridgehead atoms. The highest BCUT2D eigenvalue weighted by atomic mass is 32.2. The highest BCUT2D eigenvalue weighted by molar-refractivity contribution is 7.99. The lowest BCUT2D eigenvalue weighted by atomic mass is 10.3. The predicted molar refractivity (Wildman–Crippen MR) is 69.8 cm³/mol. The Morgan fingerprint density at radius 2 is 2.44 bits per heavy atom. The van der Waals surface area contributed by atoms with Crippen LogP contribution in [0.2, 0.25) is 0 Å². The Morgan fingerprint density at radius 1 is 1.72 bits per heavy atom. The summed E-state index contributed by atoms with van der Waals surface area (Å²) in [5.74, 6) is 0.300. The number of nitrogen functional groups attached to an aromatic ring is 1. The van der Waals surface area contributed by atoms with Gasteiger partial charge in [-0.1, -0.05) is 18.7 Å². The second kappa shape index (κ2) is 6.81. The third-order valence-electron chi connectivity index (χ3n) is 2.27. The number of rotatable bonds is 5. The number of nitrogens with two attached hydrogens (primary N) is 1. The first-order valence-electron chi connectivity index (χ1n) is 5.51. The Kier molecular flexibility index (Phi) is 5.39. The van der Waals surface area contributed by atoms with Crippen LogP contribution >= 0.6 is 11.8 Å². The summed E-state index contributed by atoms with van der Waals surface area (Å²) < 4.78 is 0. The summed E-state index contributed by atoms with van der Waals surface area (Å²) in [7, 11) is 0. The highest BCUT2D eigenvalue weighted by Crippen LogP contribution is 2.15. The molecule has 0 aliphatic rings. The van der Waals surface area contributed by atoms with Crippen molar-refractivity contribution in [2.24, 2.45) is 0 Å². The predicted octanol–water partition coefficient (Wildman–Crippen LogP) is 0.937. The van der Waals surface area contributed by atoms with Gasteiger partial charge in [-0.05, 0) is 13.3 Å². The molecule has 1 unspecified atom stereocenters. The van der Waals surface area contributed by atoms with Gasteiger partial charge in [0, 0.05) is 6.04 Å². The molecular formula is C11H15N5OS. The fraction of sp³-hybridized carbons (Fsp3) is 0.455. The van der Waals surface area contributed by atoms with Gasteiger partial charge in [-0.2, -0.15) is 5.26 Å². The van der Waals surface area contributed by atoms with Crippen molar-refractivity contribution in [1.82, 2.24) is 15.3 Å². The quantitative estimate of drug-likeness (QED) is 0.606. The lowest BCUT2D eigenvalue weighted by molar-refractivity contribution is -0.119. The zero-order valence-electron chi connectivity index (χ0n) is 10.3. The molecule has 0 spiro atoms. The minimum absolute atomic E-state index is 0.0686. The number of carbonyl (C=O) groups excluding carboxylic acids is 1. The van der Waals surface area contributed by atoms with Crippen LogP contribution in [0.15, 0.2) is 11.4 Å². The van der Waals surface area contributed by atoms with Crippen LogP contribution in [0.4, 0.5) is 5.82 Å². The molecule has 96 valence electrons. The molecule has 1 atom stereocenters. The number of anilines is 1. The maximum absolute atomic E-state index is 11.5. The lowest BCUT2D eigenvalue weighted by Gasteiger charge is -2.10. The van der Waals surface area contributed by atoms with Crippen molar-refractivity contribution in [3.63, 3.8) is 0 Å². The van der Waals surface area contributed by atoms with E-state index in [1.165, 1.54) is 18.0 Å². The van der Waals surface area contributed by atoms with Crippen LogP contribution in [0, 0.1) is 11.3 Å². The van der Waals surface area contributed by atoms with E-state index in [1.807, 2.05) is 19.9 Å². The van der Waals surface area contributed by atoms with Gasteiger partial charge in [-0.3, -0.25) is 4.79 Å². The molecule has 0 saturated heterocycles. The Balaban J connectivity index is 2.52. The number of nitrogens with one attached hydrogen (secondary N) is 1. The van der Waals surface area contributed by atoms with E-state index in [0.29, 0.717) is 5.16 Å². The minimum Gasteiger partial charge on any atom is -0.382 e. The number of hydrogen-bond acceptors (Lipinski definition) is 6. The molecular weight excluding hydrogens is 250 g/mol. The maximum atomic E-state index is 11.5. The normalized spacial score (nSPS) is 11.6. The summed E-state index contributed by atoms with van der Waals surface area (Å²) >= 11 is 1.19. The van der Waals surface area contributed by atoms with Crippen molar-refractivity contribution in [2.75, 3.05) is 11.5 Å².